The Morgan fingerprint density at radius 1 is 1.47 bits per heavy atom. The van der Waals surface area contributed by atoms with E-state index in [0.717, 1.165) is 6.07 Å². The fraction of sp³-hybridized carbons (Fsp3) is 0.125. The lowest BCUT2D eigenvalue weighted by Crippen LogP contribution is -2.13. The van der Waals surface area contributed by atoms with Gasteiger partial charge in [-0.2, -0.15) is 0 Å². The van der Waals surface area contributed by atoms with Gasteiger partial charge in [-0.1, -0.05) is 15.9 Å². The Hall–Kier alpha value is -0.590. The predicted octanol–water partition coefficient (Wildman–Crippen LogP) is 1.78. The molecule has 1 aromatic carbocycles. The highest BCUT2D eigenvalue weighted by Crippen LogP contribution is 2.26. The van der Waals surface area contributed by atoms with E-state index in [0.29, 0.717) is 10.0 Å². The van der Waals surface area contributed by atoms with Crippen LogP contribution in [0.4, 0.5) is 0 Å². The van der Waals surface area contributed by atoms with E-state index in [2.05, 4.69) is 15.9 Å². The molecule has 15 heavy (non-hydrogen) atoms. The van der Waals surface area contributed by atoms with Gasteiger partial charge in [0.25, 0.3) is 9.05 Å². The van der Waals surface area contributed by atoms with Gasteiger partial charge in [-0.25, -0.2) is 8.42 Å². The molecule has 7 heteroatoms. The fourth-order valence-electron chi connectivity index (χ4n) is 1.05. The Balaban J connectivity index is 3.57. The SMILES string of the molecule is Cc1c(Br)cc(S(=O)(=O)Cl)cc1C(N)=O. The first-order chi connectivity index (χ1) is 6.73. The fourth-order valence-corrected chi connectivity index (χ4v) is 2.45. The van der Waals surface area contributed by atoms with Gasteiger partial charge in [0.1, 0.15) is 0 Å². The molecule has 0 aliphatic heterocycles. The molecule has 0 bridgehead atoms. The van der Waals surface area contributed by atoms with E-state index in [1.807, 2.05) is 0 Å². The summed E-state index contributed by atoms with van der Waals surface area (Å²) < 4.78 is 22.6. The highest BCUT2D eigenvalue weighted by atomic mass is 79.9. The molecule has 0 aliphatic carbocycles. The summed E-state index contributed by atoms with van der Waals surface area (Å²) in [6.07, 6.45) is 0. The van der Waals surface area contributed by atoms with Crippen LogP contribution < -0.4 is 5.73 Å². The van der Waals surface area contributed by atoms with Gasteiger partial charge in [-0.3, -0.25) is 4.79 Å². The van der Waals surface area contributed by atoms with Crippen LogP contribution in [-0.2, 0) is 9.05 Å². The highest BCUT2D eigenvalue weighted by molar-refractivity contribution is 9.10. The monoisotopic (exact) mass is 311 g/mol. The van der Waals surface area contributed by atoms with E-state index in [-0.39, 0.29) is 10.5 Å². The Morgan fingerprint density at radius 2 is 2.00 bits per heavy atom. The second kappa shape index (κ2) is 4.11. The van der Waals surface area contributed by atoms with Crippen molar-refractivity contribution >= 4 is 41.6 Å². The van der Waals surface area contributed by atoms with E-state index >= 15 is 0 Å². The van der Waals surface area contributed by atoms with E-state index < -0.39 is 15.0 Å². The molecule has 0 aromatic heterocycles. The first-order valence-corrected chi connectivity index (χ1v) is 6.88. The molecule has 0 atom stereocenters. The zero-order chi connectivity index (χ0) is 11.8. The third-order valence-corrected chi connectivity index (χ3v) is 4.02. The Morgan fingerprint density at radius 3 is 2.40 bits per heavy atom. The van der Waals surface area contributed by atoms with Gasteiger partial charge in [-0.15, -0.1) is 0 Å². The molecule has 0 saturated heterocycles. The smallest absolute Gasteiger partial charge is 0.261 e. The summed E-state index contributed by atoms with van der Waals surface area (Å²) in [6.45, 7) is 1.65. The van der Waals surface area contributed by atoms with Crippen LogP contribution in [0.2, 0.25) is 0 Å². The summed E-state index contributed by atoms with van der Waals surface area (Å²) in [7, 11) is 1.30. The quantitative estimate of drug-likeness (QED) is 0.846. The first-order valence-electron chi connectivity index (χ1n) is 3.78. The standard InChI is InChI=1S/C8H7BrClNO3S/c1-4-6(8(11)12)2-5(3-7(4)9)15(10,13)14/h2-3H,1H3,(H2,11,12). The van der Waals surface area contributed by atoms with E-state index in [1.54, 1.807) is 6.92 Å². The number of primary amides is 1. The minimum atomic E-state index is -3.86. The summed E-state index contributed by atoms with van der Waals surface area (Å²) in [4.78, 5) is 10.9. The Bertz CT molecular complexity index is 527. The maximum Gasteiger partial charge on any atom is 0.261 e. The number of carbonyl (C=O) groups excluding carboxylic acids is 1. The molecule has 1 rings (SSSR count). The summed E-state index contributed by atoms with van der Waals surface area (Å²) in [6, 6.07) is 2.48. The molecule has 82 valence electrons. The number of halogens is 2. The number of carbonyl (C=O) groups is 1. The highest BCUT2D eigenvalue weighted by Gasteiger charge is 2.16. The van der Waals surface area contributed by atoms with Gasteiger partial charge in [0.2, 0.25) is 5.91 Å². The van der Waals surface area contributed by atoms with Gasteiger partial charge in [0.15, 0.2) is 0 Å². The van der Waals surface area contributed by atoms with Crippen LogP contribution in [0.15, 0.2) is 21.5 Å². The van der Waals surface area contributed by atoms with Gasteiger partial charge in [-0.05, 0) is 24.6 Å². The van der Waals surface area contributed by atoms with Gasteiger partial charge in [0.05, 0.1) is 4.90 Å². The largest absolute Gasteiger partial charge is 0.366 e. The third-order valence-electron chi connectivity index (χ3n) is 1.86. The van der Waals surface area contributed by atoms with Crippen molar-refractivity contribution in [1.29, 1.82) is 0 Å². The van der Waals surface area contributed by atoms with Gasteiger partial charge < -0.3 is 5.73 Å². The van der Waals surface area contributed by atoms with Crippen LogP contribution in [0.5, 0.6) is 0 Å². The van der Waals surface area contributed by atoms with Crippen LogP contribution in [0.3, 0.4) is 0 Å². The molecule has 0 spiro atoms. The van der Waals surface area contributed by atoms with Crippen molar-refractivity contribution in [3.63, 3.8) is 0 Å². The lowest BCUT2D eigenvalue weighted by molar-refractivity contribution is 0.0999. The maximum atomic E-state index is 11.1. The number of rotatable bonds is 2. The lowest BCUT2D eigenvalue weighted by Gasteiger charge is -2.06. The van der Waals surface area contributed by atoms with Crippen LogP contribution >= 0.6 is 26.6 Å². The molecule has 0 aliphatic rings. The van der Waals surface area contributed by atoms with Crippen molar-refractivity contribution in [2.24, 2.45) is 5.73 Å². The maximum absolute atomic E-state index is 11.1. The van der Waals surface area contributed by atoms with Crippen molar-refractivity contribution < 1.29 is 13.2 Å². The normalized spacial score (nSPS) is 11.4. The number of benzene rings is 1. The Kier molecular flexibility index (Phi) is 3.42. The molecule has 1 amide bonds. The van der Waals surface area contributed by atoms with Crippen LogP contribution in [0.1, 0.15) is 15.9 Å². The van der Waals surface area contributed by atoms with Crippen molar-refractivity contribution in [2.75, 3.05) is 0 Å². The van der Waals surface area contributed by atoms with E-state index in [1.165, 1.54) is 6.07 Å². The minimum absolute atomic E-state index is 0.128. The summed E-state index contributed by atoms with van der Waals surface area (Å²) in [5, 5.41) is 0. The third kappa shape index (κ3) is 2.70. The topological polar surface area (TPSA) is 77.2 Å². The first kappa shape index (κ1) is 12.5. The molecule has 4 nitrogen and oxygen atoms in total. The number of nitrogens with two attached hydrogens (primary N) is 1. The average Bonchev–Trinajstić information content (AvgIpc) is 2.06. The molecular weight excluding hydrogens is 306 g/mol. The molecule has 1 aromatic rings. The van der Waals surface area contributed by atoms with Crippen molar-refractivity contribution in [2.45, 2.75) is 11.8 Å². The predicted molar refractivity (Wildman–Crippen MR) is 60.4 cm³/mol. The lowest BCUT2D eigenvalue weighted by atomic mass is 10.1. The van der Waals surface area contributed by atoms with Gasteiger partial charge in [0, 0.05) is 20.7 Å². The summed E-state index contributed by atoms with van der Waals surface area (Å²) >= 11 is 3.13. The van der Waals surface area contributed by atoms with Crippen LogP contribution in [0, 0.1) is 6.92 Å². The summed E-state index contributed by atoms with van der Waals surface area (Å²) in [5.41, 5.74) is 5.80. The molecular formula is C8H7BrClNO3S. The van der Waals surface area contributed by atoms with Gasteiger partial charge >= 0.3 is 0 Å². The van der Waals surface area contributed by atoms with Crippen LogP contribution in [0.25, 0.3) is 0 Å². The number of hydrogen-bond acceptors (Lipinski definition) is 3. The molecule has 0 saturated carbocycles. The number of amides is 1. The average molecular weight is 313 g/mol. The molecule has 2 N–H and O–H groups in total. The van der Waals surface area contributed by atoms with Crippen molar-refractivity contribution in [3.05, 3.63) is 27.7 Å². The second-order valence-electron chi connectivity index (χ2n) is 2.88. The molecule has 0 heterocycles. The second-order valence-corrected chi connectivity index (χ2v) is 6.30. The molecule has 0 unspecified atom stereocenters. The van der Waals surface area contributed by atoms with E-state index in [4.69, 9.17) is 16.4 Å². The zero-order valence-corrected chi connectivity index (χ0v) is 10.8. The summed E-state index contributed by atoms with van der Waals surface area (Å²) in [5.74, 6) is -0.699. The van der Waals surface area contributed by atoms with E-state index in [9.17, 15) is 13.2 Å². The minimum Gasteiger partial charge on any atom is -0.366 e. The van der Waals surface area contributed by atoms with Crippen molar-refractivity contribution in [3.8, 4) is 0 Å². The number of hydrogen-bond donors (Lipinski definition) is 1. The zero-order valence-electron chi connectivity index (χ0n) is 7.62. The van der Waals surface area contributed by atoms with Crippen molar-refractivity contribution in [1.82, 2.24) is 0 Å². The molecule has 0 fully saturated rings. The Labute approximate surface area is 100.0 Å². The molecule has 0 radical (unpaired) electrons. The van der Waals surface area contributed by atoms with Crippen LogP contribution in [-0.4, -0.2) is 14.3 Å².